The van der Waals surface area contributed by atoms with Crippen molar-refractivity contribution in [3.8, 4) is 0 Å². The Bertz CT molecular complexity index is 1430. The molecule has 4 aliphatic carbocycles. The average molecular weight is 734 g/mol. The van der Waals surface area contributed by atoms with E-state index in [9.17, 15) is 9.59 Å². The van der Waals surface area contributed by atoms with Crippen LogP contribution in [0.2, 0.25) is 0 Å². The van der Waals surface area contributed by atoms with Crippen LogP contribution < -0.4 is 0 Å². The Morgan fingerprint density at radius 2 is 0.820 bits per heavy atom. The molecule has 0 N–H and O–H groups in total. The molecule has 2 nitrogen and oxygen atoms in total. The molecule has 1 atom stereocenters. The predicted octanol–water partition coefficient (Wildman–Crippen LogP) is 9.62. The van der Waals surface area contributed by atoms with E-state index in [1.807, 2.05) is 220 Å². The van der Waals surface area contributed by atoms with Crippen molar-refractivity contribution in [3.63, 3.8) is 0 Å². The van der Waals surface area contributed by atoms with Gasteiger partial charge < -0.3 is 0 Å². The van der Waals surface area contributed by atoms with Crippen LogP contribution in [0.3, 0.4) is 0 Å². The summed E-state index contributed by atoms with van der Waals surface area (Å²) in [6.07, 6.45) is 37.7. The number of hydrogen-bond donors (Lipinski definition) is 0. The topological polar surface area (TPSA) is 34.1 Å². The molecule has 246 valence electrons. The fraction of sp³-hybridized carbons (Fsp3) is 0.0435. The van der Waals surface area contributed by atoms with Crippen LogP contribution in [0.25, 0.3) is 5.57 Å². The second kappa shape index (κ2) is 23.2. The van der Waals surface area contributed by atoms with Gasteiger partial charge in [0, 0.05) is 34.1 Å². The van der Waals surface area contributed by atoms with Crippen LogP contribution >= 0.6 is 0 Å². The van der Waals surface area contributed by atoms with Crippen LogP contribution in [-0.2, 0) is 34.1 Å². The van der Waals surface area contributed by atoms with Gasteiger partial charge in [-0.15, -0.1) is 0 Å². The van der Waals surface area contributed by atoms with Gasteiger partial charge in [0.2, 0.25) is 0 Å². The molecule has 1 unspecified atom stereocenters. The first-order valence-corrected chi connectivity index (χ1v) is 16.1. The maximum atomic E-state index is 14.4. The van der Waals surface area contributed by atoms with Crippen molar-refractivity contribution < 1.29 is 43.7 Å². The third kappa shape index (κ3) is 12.3. The van der Waals surface area contributed by atoms with Gasteiger partial charge in [-0.1, -0.05) is 97.1 Å². The molecular weight excluding hydrogens is 696 g/mol. The molecule has 3 aromatic carbocycles. The minimum Gasteiger partial charge on any atom is -0.289 e. The second-order valence-electron chi connectivity index (χ2n) is 11.2. The molecule has 0 aromatic heterocycles. The SMILES string of the molecule is C/C(=C(/C(=O)c1ccccc1)C([C]1[CH][CH][CH][CH]1)/C(=C/[C]1[CH][CH][CH][CH]1)C(=O)c1ccccc1)c1ccccc1.[CH]1[CH][CH][CH][CH]1.[CH]1[CH][CH][CH][CH]1.[Fe+2].[Fe+2]. The summed E-state index contributed by atoms with van der Waals surface area (Å²) in [6.45, 7) is 1.98. The van der Waals surface area contributed by atoms with Crippen molar-refractivity contribution in [2.75, 3.05) is 0 Å². The van der Waals surface area contributed by atoms with Gasteiger partial charge in [0.1, 0.15) is 0 Å². The van der Waals surface area contributed by atoms with Gasteiger partial charge in [0.15, 0.2) is 11.6 Å². The molecule has 4 heteroatoms. The summed E-state index contributed by atoms with van der Waals surface area (Å²) in [4.78, 5) is 28.6. The molecule has 4 aliphatic rings. The Morgan fingerprint density at radius 1 is 0.460 bits per heavy atom. The fourth-order valence-electron chi connectivity index (χ4n) is 5.53. The number of rotatable bonds is 9. The van der Waals surface area contributed by atoms with Crippen molar-refractivity contribution in [1.82, 2.24) is 0 Å². The monoisotopic (exact) mass is 734 g/mol. The van der Waals surface area contributed by atoms with Crippen LogP contribution in [-0.4, -0.2) is 11.6 Å². The first-order chi connectivity index (χ1) is 23.6. The Morgan fingerprint density at radius 3 is 1.24 bits per heavy atom. The molecule has 3 aromatic rings. The molecular formula is C46H38Fe2O2+4. The van der Waals surface area contributed by atoms with Gasteiger partial charge in [-0.25, -0.2) is 0 Å². The number of Topliss-reactive ketones (excluding diaryl/α,β-unsaturated/α-hetero) is 2. The quantitative estimate of drug-likeness (QED) is 0.125. The third-order valence-corrected chi connectivity index (χ3v) is 7.93. The summed E-state index contributed by atoms with van der Waals surface area (Å²) in [5, 5.41) is 0. The summed E-state index contributed by atoms with van der Waals surface area (Å²) in [6, 6.07) is 28.5. The van der Waals surface area contributed by atoms with Gasteiger partial charge in [-0.3, -0.25) is 9.59 Å². The Kier molecular flexibility index (Phi) is 19.4. The van der Waals surface area contributed by atoms with E-state index in [4.69, 9.17) is 0 Å². The first kappa shape index (κ1) is 41.9. The van der Waals surface area contributed by atoms with Crippen LogP contribution in [0.15, 0.2) is 108 Å². The zero-order valence-corrected chi connectivity index (χ0v) is 29.9. The van der Waals surface area contributed by atoms with E-state index in [2.05, 4.69) is 0 Å². The Hall–Kier alpha value is -2.48. The number of hydrogen-bond acceptors (Lipinski definition) is 2. The van der Waals surface area contributed by atoms with Gasteiger partial charge in [-0.2, -0.15) is 0 Å². The first-order valence-electron chi connectivity index (χ1n) is 16.1. The molecule has 20 radical (unpaired) electrons. The zero-order chi connectivity index (χ0) is 33.4. The van der Waals surface area contributed by atoms with Gasteiger partial charge >= 0.3 is 34.1 Å². The maximum absolute atomic E-state index is 14.4. The fourth-order valence-corrected chi connectivity index (χ4v) is 5.53. The summed E-state index contributed by atoms with van der Waals surface area (Å²) in [5.41, 5.74) is 4.13. The maximum Gasteiger partial charge on any atom is 2.00 e. The molecule has 7 rings (SSSR count). The van der Waals surface area contributed by atoms with E-state index < -0.39 is 5.92 Å². The number of allylic oxidation sites excluding steroid dienone is 4. The molecule has 0 heterocycles. The molecule has 0 aliphatic heterocycles. The summed E-state index contributed by atoms with van der Waals surface area (Å²) < 4.78 is 0. The summed E-state index contributed by atoms with van der Waals surface area (Å²) >= 11 is 0. The van der Waals surface area contributed by atoms with Gasteiger partial charge in [0.05, 0.1) is 0 Å². The standard InChI is InChI=1S/C36H28O2.2C5H5.2Fe/c1-26(28-17-5-2-6-18-28)33(36(38)31-23-9-4-10-24-31)34(29-19-13-14-20-29)32(25-27-15-11-12-16-27)35(37)30-21-7-3-8-22-30;2*1-2-4-5-3-1;;/h2-25,34H,1H3;2*1-5H;;/q;;;2*+2/b32-25-,33-26-;;;;. The van der Waals surface area contributed by atoms with Crippen LogP contribution in [0.5, 0.6) is 0 Å². The van der Waals surface area contributed by atoms with Crippen molar-refractivity contribution in [2.24, 2.45) is 5.92 Å². The largest absolute Gasteiger partial charge is 2.00 e. The molecule has 4 saturated carbocycles. The normalized spacial score (nSPS) is 18.7. The molecule has 0 bridgehead atoms. The minimum atomic E-state index is -0.569. The number of carbonyl (C=O) groups excluding carboxylic acids is 2. The van der Waals surface area contributed by atoms with E-state index in [1.165, 1.54) is 0 Å². The van der Waals surface area contributed by atoms with E-state index >= 15 is 0 Å². The average Bonchev–Trinajstić information content (AvgIpc) is 4.00. The summed E-state index contributed by atoms with van der Waals surface area (Å²) in [7, 11) is 0. The van der Waals surface area contributed by atoms with E-state index in [0.717, 1.165) is 23.0 Å². The van der Waals surface area contributed by atoms with Crippen molar-refractivity contribution in [1.29, 1.82) is 0 Å². The smallest absolute Gasteiger partial charge is 0.289 e. The third-order valence-electron chi connectivity index (χ3n) is 7.93. The van der Waals surface area contributed by atoms with Crippen LogP contribution in [0.1, 0.15) is 33.2 Å². The summed E-state index contributed by atoms with van der Waals surface area (Å²) in [5.74, 6) is 1.07. The zero-order valence-electron chi connectivity index (χ0n) is 27.7. The van der Waals surface area contributed by atoms with Crippen molar-refractivity contribution in [3.05, 3.63) is 252 Å². The Labute approximate surface area is 324 Å². The van der Waals surface area contributed by atoms with E-state index in [0.29, 0.717) is 22.3 Å². The minimum absolute atomic E-state index is 0. The molecule has 4 fully saturated rings. The molecule has 0 saturated heterocycles. The van der Waals surface area contributed by atoms with E-state index in [-0.39, 0.29) is 45.7 Å². The van der Waals surface area contributed by atoms with Crippen molar-refractivity contribution in [2.45, 2.75) is 6.92 Å². The van der Waals surface area contributed by atoms with E-state index in [1.54, 1.807) is 0 Å². The van der Waals surface area contributed by atoms with Crippen LogP contribution in [0.4, 0.5) is 0 Å². The second-order valence-corrected chi connectivity index (χ2v) is 11.2. The molecule has 0 spiro atoms. The number of ketones is 2. The predicted molar refractivity (Wildman–Crippen MR) is 196 cm³/mol. The molecule has 0 amide bonds. The van der Waals surface area contributed by atoms with Gasteiger partial charge in [0.25, 0.3) is 0 Å². The molecule has 50 heavy (non-hydrogen) atoms. The Balaban J connectivity index is 0.000000484. The van der Waals surface area contributed by atoms with Crippen molar-refractivity contribution >= 4 is 17.1 Å². The number of carbonyl (C=O) groups is 2. The van der Waals surface area contributed by atoms with Crippen LogP contribution in [0, 0.1) is 133 Å². The van der Waals surface area contributed by atoms with Gasteiger partial charge in [-0.05, 0) is 140 Å². The number of benzene rings is 3.